The predicted octanol–water partition coefficient (Wildman–Crippen LogP) is 3.52. The fraction of sp³-hybridized carbons (Fsp3) is 0.412. The maximum atomic E-state index is 5.83. The van der Waals surface area contributed by atoms with Crippen molar-refractivity contribution < 1.29 is 4.74 Å². The molecule has 1 aliphatic rings. The van der Waals surface area contributed by atoms with E-state index in [1.54, 1.807) is 11.3 Å². The number of rotatable bonds is 5. The summed E-state index contributed by atoms with van der Waals surface area (Å²) in [5, 5.41) is 5.69. The van der Waals surface area contributed by atoms with Crippen LogP contribution < -0.4 is 15.0 Å². The fourth-order valence-electron chi connectivity index (χ4n) is 2.74. The van der Waals surface area contributed by atoms with Crippen LogP contribution in [0.1, 0.15) is 18.2 Å². The zero-order valence-electron chi connectivity index (χ0n) is 12.4. The van der Waals surface area contributed by atoms with E-state index in [0.717, 1.165) is 38.4 Å². The van der Waals surface area contributed by atoms with E-state index in [2.05, 4.69) is 52.9 Å². The minimum absolute atomic E-state index is 0.452. The number of anilines is 1. The molecule has 0 saturated heterocycles. The average Bonchev–Trinajstić information content (AvgIpc) is 2.92. The summed E-state index contributed by atoms with van der Waals surface area (Å²) in [5.41, 5.74) is 1.22. The van der Waals surface area contributed by atoms with E-state index < -0.39 is 0 Å². The maximum absolute atomic E-state index is 5.83. The minimum Gasteiger partial charge on any atom is -0.491 e. The molecule has 0 aliphatic carbocycles. The molecule has 1 N–H and O–H groups in total. The zero-order chi connectivity index (χ0) is 14.5. The molecule has 1 unspecified atom stereocenters. The third-order valence-corrected chi connectivity index (χ3v) is 4.70. The Kier molecular flexibility index (Phi) is 4.78. The highest BCUT2D eigenvalue weighted by Crippen LogP contribution is 2.31. The van der Waals surface area contributed by atoms with Crippen LogP contribution in [0.4, 0.5) is 5.69 Å². The summed E-state index contributed by atoms with van der Waals surface area (Å²) in [6.07, 6.45) is 1.07. The van der Waals surface area contributed by atoms with Crippen LogP contribution in [-0.4, -0.2) is 25.7 Å². The van der Waals surface area contributed by atoms with E-state index in [-0.39, 0.29) is 0 Å². The van der Waals surface area contributed by atoms with Crippen molar-refractivity contribution in [2.45, 2.75) is 25.9 Å². The molecule has 1 aromatic carbocycles. The molecule has 0 saturated carbocycles. The molecular formula is C17H22N2OS. The largest absolute Gasteiger partial charge is 0.491 e. The Morgan fingerprint density at radius 2 is 2.19 bits per heavy atom. The lowest BCUT2D eigenvalue weighted by Crippen LogP contribution is -2.40. The van der Waals surface area contributed by atoms with Crippen LogP contribution >= 0.6 is 11.3 Å². The van der Waals surface area contributed by atoms with E-state index in [1.807, 2.05) is 6.07 Å². The first-order valence-corrected chi connectivity index (χ1v) is 8.44. The molecule has 1 atom stereocenters. The Labute approximate surface area is 130 Å². The lowest BCUT2D eigenvalue weighted by atomic mass is 10.2. The highest BCUT2D eigenvalue weighted by molar-refractivity contribution is 7.09. The van der Waals surface area contributed by atoms with Crippen molar-refractivity contribution >= 4 is 17.0 Å². The monoisotopic (exact) mass is 302 g/mol. The number of nitrogens with one attached hydrogen (secondary N) is 1. The topological polar surface area (TPSA) is 24.5 Å². The van der Waals surface area contributed by atoms with E-state index in [9.17, 15) is 0 Å². The Hall–Kier alpha value is -1.52. The molecule has 2 aromatic rings. The first kappa shape index (κ1) is 14.4. The van der Waals surface area contributed by atoms with Gasteiger partial charge in [0.05, 0.1) is 12.3 Å². The molecule has 2 heterocycles. The summed E-state index contributed by atoms with van der Waals surface area (Å²) in [7, 11) is 0. The van der Waals surface area contributed by atoms with Crippen LogP contribution in [0.2, 0.25) is 0 Å². The summed E-state index contributed by atoms with van der Waals surface area (Å²) in [5.74, 6) is 1.01. The van der Waals surface area contributed by atoms with Crippen molar-refractivity contribution in [3.05, 3.63) is 46.7 Å². The first-order valence-electron chi connectivity index (χ1n) is 7.56. The molecule has 21 heavy (non-hydrogen) atoms. The van der Waals surface area contributed by atoms with E-state index in [0.29, 0.717) is 6.04 Å². The zero-order valence-corrected chi connectivity index (χ0v) is 13.2. The van der Waals surface area contributed by atoms with Crippen molar-refractivity contribution in [1.29, 1.82) is 0 Å². The number of ether oxygens (including phenoxy) is 1. The van der Waals surface area contributed by atoms with Crippen LogP contribution in [0.5, 0.6) is 5.75 Å². The molecule has 3 nitrogen and oxygen atoms in total. The summed E-state index contributed by atoms with van der Waals surface area (Å²) in [4.78, 5) is 3.85. The van der Waals surface area contributed by atoms with Crippen LogP contribution in [0.15, 0.2) is 41.8 Å². The third kappa shape index (κ3) is 3.57. The standard InChI is InChI=1S/C17H22N2OS/c1-14(12-18-13-15-6-4-11-21-15)19-9-5-10-20-17-8-3-2-7-16(17)19/h2-4,6-8,11,14,18H,5,9-10,12-13H2,1H3. The molecule has 4 heteroatoms. The van der Waals surface area contributed by atoms with E-state index in [4.69, 9.17) is 4.74 Å². The SMILES string of the molecule is CC(CNCc1cccs1)N1CCCOc2ccccc21. The highest BCUT2D eigenvalue weighted by Gasteiger charge is 2.20. The normalized spacial score (nSPS) is 16.0. The van der Waals surface area contributed by atoms with Gasteiger partial charge in [0.1, 0.15) is 5.75 Å². The molecule has 1 aliphatic heterocycles. The summed E-state index contributed by atoms with van der Waals surface area (Å²) in [6, 6.07) is 13.1. The molecule has 0 radical (unpaired) electrons. The quantitative estimate of drug-likeness (QED) is 0.914. The van der Waals surface area contributed by atoms with Gasteiger partial charge in [-0.25, -0.2) is 0 Å². The lowest BCUT2D eigenvalue weighted by molar-refractivity contribution is 0.322. The second-order valence-electron chi connectivity index (χ2n) is 5.42. The number of benzene rings is 1. The molecule has 0 spiro atoms. The molecule has 112 valence electrons. The number of hydrogen-bond acceptors (Lipinski definition) is 4. The van der Waals surface area contributed by atoms with Crippen molar-refractivity contribution in [2.75, 3.05) is 24.6 Å². The van der Waals surface area contributed by atoms with Crippen LogP contribution in [0.3, 0.4) is 0 Å². The van der Waals surface area contributed by atoms with Gasteiger partial charge in [0, 0.05) is 30.6 Å². The van der Waals surface area contributed by atoms with Gasteiger partial charge in [0.2, 0.25) is 0 Å². The van der Waals surface area contributed by atoms with E-state index >= 15 is 0 Å². The van der Waals surface area contributed by atoms with Gasteiger partial charge < -0.3 is 15.0 Å². The molecule has 1 aromatic heterocycles. The number of para-hydroxylation sites is 2. The minimum atomic E-state index is 0.452. The number of thiophene rings is 1. The van der Waals surface area contributed by atoms with E-state index in [1.165, 1.54) is 10.6 Å². The van der Waals surface area contributed by atoms with Crippen LogP contribution in [0.25, 0.3) is 0 Å². The van der Waals surface area contributed by atoms with Gasteiger partial charge in [-0.2, -0.15) is 0 Å². The van der Waals surface area contributed by atoms with Gasteiger partial charge in [-0.15, -0.1) is 11.3 Å². The van der Waals surface area contributed by atoms with Crippen molar-refractivity contribution in [2.24, 2.45) is 0 Å². The van der Waals surface area contributed by atoms with Gasteiger partial charge in [0.15, 0.2) is 0 Å². The highest BCUT2D eigenvalue weighted by atomic mass is 32.1. The molecular weight excluding hydrogens is 280 g/mol. The molecule has 0 bridgehead atoms. The van der Waals surface area contributed by atoms with Gasteiger partial charge in [-0.05, 0) is 36.9 Å². The number of hydrogen-bond donors (Lipinski definition) is 1. The third-order valence-electron chi connectivity index (χ3n) is 3.83. The number of fused-ring (bicyclic) bond motifs is 1. The van der Waals surface area contributed by atoms with Gasteiger partial charge >= 0.3 is 0 Å². The fourth-order valence-corrected chi connectivity index (χ4v) is 3.41. The Morgan fingerprint density at radius 3 is 3.05 bits per heavy atom. The molecule has 0 fully saturated rings. The summed E-state index contributed by atoms with van der Waals surface area (Å²) < 4.78 is 5.83. The Bertz CT molecular complexity index is 556. The average molecular weight is 302 g/mol. The van der Waals surface area contributed by atoms with Crippen molar-refractivity contribution in [3.8, 4) is 5.75 Å². The smallest absolute Gasteiger partial charge is 0.142 e. The second-order valence-corrected chi connectivity index (χ2v) is 6.45. The summed E-state index contributed by atoms with van der Waals surface area (Å²) >= 11 is 1.81. The van der Waals surface area contributed by atoms with Crippen LogP contribution in [-0.2, 0) is 6.54 Å². The predicted molar refractivity (Wildman–Crippen MR) is 89.4 cm³/mol. The first-order chi connectivity index (χ1) is 10.3. The van der Waals surface area contributed by atoms with Crippen molar-refractivity contribution in [1.82, 2.24) is 5.32 Å². The van der Waals surface area contributed by atoms with Gasteiger partial charge in [-0.1, -0.05) is 18.2 Å². The molecule has 3 rings (SSSR count). The van der Waals surface area contributed by atoms with Gasteiger partial charge in [0.25, 0.3) is 0 Å². The summed E-state index contributed by atoms with van der Waals surface area (Å²) in [6.45, 7) is 6.07. The Balaban J connectivity index is 1.62. The maximum Gasteiger partial charge on any atom is 0.142 e. The lowest BCUT2D eigenvalue weighted by Gasteiger charge is -2.30. The second kappa shape index (κ2) is 6.96. The van der Waals surface area contributed by atoms with Crippen LogP contribution in [0, 0.1) is 0 Å². The van der Waals surface area contributed by atoms with Gasteiger partial charge in [-0.3, -0.25) is 0 Å². The molecule has 0 amide bonds. The Morgan fingerprint density at radius 1 is 1.29 bits per heavy atom. The van der Waals surface area contributed by atoms with Crippen molar-refractivity contribution in [3.63, 3.8) is 0 Å². The number of nitrogens with zero attached hydrogens (tertiary/aromatic N) is 1.